The molecule has 0 bridgehead atoms. The molecule has 2 unspecified atom stereocenters. The average Bonchev–Trinajstić information content (AvgIpc) is 3.20. The molecule has 0 radical (unpaired) electrons. The van der Waals surface area contributed by atoms with E-state index in [-0.39, 0.29) is 45.5 Å². The van der Waals surface area contributed by atoms with Crippen molar-refractivity contribution in [1.29, 1.82) is 0 Å². The standard InChI is InChI=1S/C26H28F2N6O4S/c1-12-21-25(4,34-24(29)39-26(12,21)11-36-5)16-8-15(9-17(27)19(16)28)33-22(35)20-13(2)32-18(10-31-20)38-14(3)23-30-6-7-37-23/h6-10,12,14,21H,11H2,1-5H3,(H2,29,34)(H,33,35)/t12?,14-,21?,25+,26-/m0/s1. The molecule has 1 fully saturated rings. The fraction of sp³-hybridized carbons (Fsp3) is 0.423. The Morgan fingerprint density at radius 1 is 1.33 bits per heavy atom. The Morgan fingerprint density at radius 3 is 2.77 bits per heavy atom. The fourth-order valence-electron chi connectivity index (χ4n) is 5.57. The van der Waals surface area contributed by atoms with Crippen LogP contribution in [-0.2, 0) is 10.3 Å². The van der Waals surface area contributed by atoms with E-state index in [1.165, 1.54) is 36.5 Å². The number of hydrogen-bond acceptors (Lipinski definition) is 10. The quantitative estimate of drug-likeness (QED) is 0.413. The summed E-state index contributed by atoms with van der Waals surface area (Å²) in [5.74, 6) is -2.34. The van der Waals surface area contributed by atoms with Crippen LogP contribution in [0.1, 0.15) is 54.5 Å². The van der Waals surface area contributed by atoms with E-state index in [0.717, 1.165) is 6.07 Å². The topological polar surface area (TPSA) is 138 Å². The number of amides is 1. The Balaban J connectivity index is 1.40. The molecule has 206 valence electrons. The van der Waals surface area contributed by atoms with Gasteiger partial charge in [0.15, 0.2) is 22.9 Å². The largest absolute Gasteiger partial charge is 0.464 e. The number of rotatable bonds is 8. The third kappa shape index (κ3) is 4.63. The third-order valence-corrected chi connectivity index (χ3v) is 8.79. The van der Waals surface area contributed by atoms with E-state index >= 15 is 4.39 Å². The Kier molecular flexibility index (Phi) is 6.83. The second kappa shape index (κ2) is 9.87. The minimum absolute atomic E-state index is 0.00274. The lowest BCUT2D eigenvalue weighted by atomic mass is 9.84. The summed E-state index contributed by atoms with van der Waals surface area (Å²) in [6.45, 7) is 7.46. The summed E-state index contributed by atoms with van der Waals surface area (Å²) in [5.41, 5.74) is 5.31. The van der Waals surface area contributed by atoms with Gasteiger partial charge in [-0.05, 0) is 32.8 Å². The summed E-state index contributed by atoms with van der Waals surface area (Å²) in [5, 5.41) is 2.88. The number of ether oxygens (including phenoxy) is 2. The molecular weight excluding hydrogens is 530 g/mol. The molecule has 3 N–H and O–H groups in total. The van der Waals surface area contributed by atoms with Gasteiger partial charge >= 0.3 is 0 Å². The number of carbonyl (C=O) groups is 1. The van der Waals surface area contributed by atoms with Crippen molar-refractivity contribution in [3.63, 3.8) is 0 Å². The van der Waals surface area contributed by atoms with Gasteiger partial charge in [0.25, 0.3) is 5.91 Å². The highest BCUT2D eigenvalue weighted by molar-refractivity contribution is 8.15. The van der Waals surface area contributed by atoms with Crippen LogP contribution in [0.15, 0.2) is 40.2 Å². The van der Waals surface area contributed by atoms with Crippen molar-refractivity contribution in [2.24, 2.45) is 22.6 Å². The van der Waals surface area contributed by atoms with Crippen LogP contribution in [0.25, 0.3) is 0 Å². The maximum absolute atomic E-state index is 15.3. The summed E-state index contributed by atoms with van der Waals surface area (Å²) in [4.78, 5) is 30.1. The lowest BCUT2D eigenvalue weighted by molar-refractivity contribution is 0.102. The van der Waals surface area contributed by atoms with Crippen molar-refractivity contribution < 1.29 is 27.5 Å². The first-order valence-electron chi connectivity index (χ1n) is 12.2. The zero-order valence-corrected chi connectivity index (χ0v) is 22.8. The number of nitrogens with one attached hydrogen (secondary N) is 1. The lowest BCUT2D eigenvalue weighted by Gasteiger charge is -2.34. The van der Waals surface area contributed by atoms with Crippen LogP contribution in [0.2, 0.25) is 0 Å². The SMILES string of the molecule is COC[C@@]12SC(N)=N[C@](C)(c3cc(NC(=O)c4ncc(O[C@@H](C)c5ncco5)nc4C)cc(F)c3F)C1C2C. The van der Waals surface area contributed by atoms with Crippen molar-refractivity contribution in [2.75, 3.05) is 19.0 Å². The van der Waals surface area contributed by atoms with Crippen LogP contribution in [0.5, 0.6) is 5.88 Å². The number of aryl methyl sites for hydroxylation is 1. The first-order valence-corrected chi connectivity index (χ1v) is 13.1. The van der Waals surface area contributed by atoms with Gasteiger partial charge in [0, 0.05) is 30.3 Å². The molecular formula is C26H28F2N6O4S. The summed E-state index contributed by atoms with van der Waals surface area (Å²) in [6, 6.07) is 2.31. The molecule has 5 rings (SSSR count). The number of thioether (sulfide) groups is 1. The van der Waals surface area contributed by atoms with Crippen LogP contribution < -0.4 is 15.8 Å². The lowest BCUT2D eigenvalue weighted by Crippen LogP contribution is -2.38. The Labute approximate surface area is 227 Å². The minimum Gasteiger partial charge on any atom is -0.464 e. The monoisotopic (exact) mass is 558 g/mol. The first kappa shape index (κ1) is 27.0. The number of aliphatic imine (C=N–C) groups is 1. The van der Waals surface area contributed by atoms with Gasteiger partial charge in [-0.2, -0.15) is 0 Å². The summed E-state index contributed by atoms with van der Waals surface area (Å²) in [7, 11) is 1.59. The summed E-state index contributed by atoms with van der Waals surface area (Å²) in [6.07, 6.45) is 3.70. The number of oxazole rings is 1. The summed E-state index contributed by atoms with van der Waals surface area (Å²) < 4.78 is 46.1. The van der Waals surface area contributed by atoms with Gasteiger partial charge in [0.05, 0.1) is 35.0 Å². The van der Waals surface area contributed by atoms with E-state index < -0.39 is 33.9 Å². The number of anilines is 1. The van der Waals surface area contributed by atoms with Crippen LogP contribution in [0.3, 0.4) is 0 Å². The Bertz CT molecular complexity index is 1450. The Morgan fingerprint density at radius 2 is 2.10 bits per heavy atom. The normalized spacial score (nSPS) is 26.4. The number of aromatic nitrogens is 3. The van der Waals surface area contributed by atoms with Crippen molar-refractivity contribution in [1.82, 2.24) is 15.0 Å². The molecule has 2 aromatic heterocycles. The molecule has 39 heavy (non-hydrogen) atoms. The van der Waals surface area contributed by atoms with Crippen LogP contribution in [-0.4, -0.2) is 44.5 Å². The van der Waals surface area contributed by atoms with E-state index in [1.54, 1.807) is 27.9 Å². The molecule has 1 saturated carbocycles. The molecule has 0 saturated heterocycles. The van der Waals surface area contributed by atoms with Crippen LogP contribution in [0, 0.1) is 30.4 Å². The highest BCUT2D eigenvalue weighted by Crippen LogP contribution is 2.69. The smallest absolute Gasteiger partial charge is 0.276 e. The number of halogens is 2. The number of fused-ring (bicyclic) bond motifs is 1. The predicted octanol–water partition coefficient (Wildman–Crippen LogP) is 4.37. The predicted molar refractivity (Wildman–Crippen MR) is 140 cm³/mol. The molecule has 2 aliphatic rings. The molecule has 10 nitrogen and oxygen atoms in total. The van der Waals surface area contributed by atoms with Gasteiger partial charge in [-0.3, -0.25) is 9.79 Å². The number of amidine groups is 1. The molecule has 3 aromatic rings. The van der Waals surface area contributed by atoms with Crippen LogP contribution in [0.4, 0.5) is 14.5 Å². The van der Waals surface area contributed by atoms with Crippen molar-refractivity contribution in [2.45, 2.75) is 44.1 Å². The molecule has 1 aliphatic heterocycles. The average molecular weight is 559 g/mol. The zero-order valence-electron chi connectivity index (χ0n) is 22.0. The molecule has 3 heterocycles. The molecule has 13 heteroatoms. The highest BCUT2D eigenvalue weighted by Gasteiger charge is 2.72. The molecule has 5 atom stereocenters. The van der Waals surface area contributed by atoms with Crippen molar-refractivity contribution in [3.8, 4) is 5.88 Å². The minimum atomic E-state index is -1.16. The summed E-state index contributed by atoms with van der Waals surface area (Å²) >= 11 is 1.40. The van der Waals surface area contributed by atoms with Gasteiger partial charge in [-0.25, -0.2) is 23.7 Å². The van der Waals surface area contributed by atoms with Gasteiger partial charge in [0.1, 0.15) is 12.0 Å². The van der Waals surface area contributed by atoms with E-state index in [4.69, 9.17) is 19.6 Å². The molecule has 0 spiro atoms. The maximum atomic E-state index is 15.3. The van der Waals surface area contributed by atoms with Crippen LogP contribution >= 0.6 is 11.8 Å². The van der Waals surface area contributed by atoms with E-state index in [9.17, 15) is 9.18 Å². The fourth-order valence-corrected chi connectivity index (χ4v) is 7.18. The number of nitrogens with two attached hydrogens (primary N) is 1. The zero-order chi connectivity index (χ0) is 28.1. The number of nitrogens with zero attached hydrogens (tertiary/aromatic N) is 4. The second-order valence-electron chi connectivity index (χ2n) is 9.90. The third-order valence-electron chi connectivity index (χ3n) is 7.37. The highest BCUT2D eigenvalue weighted by atomic mass is 32.2. The number of methoxy groups -OCH3 is 1. The number of hydrogen-bond donors (Lipinski definition) is 2. The second-order valence-corrected chi connectivity index (χ2v) is 11.3. The molecule has 1 amide bonds. The van der Waals surface area contributed by atoms with E-state index in [0.29, 0.717) is 12.5 Å². The van der Waals surface area contributed by atoms with Gasteiger partial charge in [0.2, 0.25) is 11.8 Å². The Hall–Kier alpha value is -3.58. The molecule has 1 aromatic carbocycles. The van der Waals surface area contributed by atoms with E-state index in [1.807, 2.05) is 6.92 Å². The number of benzene rings is 1. The molecule has 1 aliphatic carbocycles. The first-order chi connectivity index (χ1) is 18.5. The van der Waals surface area contributed by atoms with Gasteiger partial charge in [-0.1, -0.05) is 18.7 Å². The van der Waals surface area contributed by atoms with E-state index in [2.05, 4.69) is 25.3 Å². The number of carbonyl (C=O) groups excluding carboxylic acids is 1. The maximum Gasteiger partial charge on any atom is 0.276 e. The van der Waals surface area contributed by atoms with Gasteiger partial charge < -0.3 is 24.9 Å². The van der Waals surface area contributed by atoms with Crippen molar-refractivity contribution in [3.05, 3.63) is 65.3 Å². The van der Waals surface area contributed by atoms with Crippen molar-refractivity contribution >= 4 is 28.5 Å². The van der Waals surface area contributed by atoms with Gasteiger partial charge in [-0.15, -0.1) is 0 Å².